The van der Waals surface area contributed by atoms with Crippen LogP contribution >= 0.6 is 31.0 Å². The first-order valence-corrected chi connectivity index (χ1v) is 12.2. The standard InChI is InChI=1S/C19H27Cl2NO2.H3O4P/c1-23-19-17(21)12-14(20)13-18(19)24-11-9-16-8-5-10-22(16)15-6-3-2-4-7-15;1-5(2,3)4/h12-13,15-16H,2-11H2,1H3;(H3,1,2,3,4). The molecule has 1 heterocycles. The monoisotopic (exact) mass is 469 g/mol. The Morgan fingerprint density at radius 1 is 1.10 bits per heavy atom. The lowest BCUT2D eigenvalue weighted by atomic mass is 9.93. The number of rotatable bonds is 6. The molecule has 166 valence electrons. The fourth-order valence-electron chi connectivity index (χ4n) is 4.21. The molecule has 0 amide bonds. The van der Waals surface area contributed by atoms with Crippen molar-refractivity contribution in [1.82, 2.24) is 4.90 Å². The fraction of sp³-hybridized carbons (Fsp3) is 0.684. The molecule has 1 aliphatic carbocycles. The topological polar surface area (TPSA) is 99.5 Å². The lowest BCUT2D eigenvalue weighted by Gasteiger charge is -2.35. The molecule has 29 heavy (non-hydrogen) atoms. The number of halogens is 2. The summed E-state index contributed by atoms with van der Waals surface area (Å²) in [5.41, 5.74) is 0. The average molecular weight is 470 g/mol. The number of likely N-dealkylation sites (tertiary alicyclic amines) is 1. The smallest absolute Gasteiger partial charge is 0.466 e. The lowest BCUT2D eigenvalue weighted by Crippen LogP contribution is -2.40. The summed E-state index contributed by atoms with van der Waals surface area (Å²) in [6.07, 6.45) is 10.6. The molecule has 1 saturated heterocycles. The lowest BCUT2D eigenvalue weighted by molar-refractivity contribution is 0.124. The third kappa shape index (κ3) is 8.62. The molecule has 0 radical (unpaired) electrons. The van der Waals surface area contributed by atoms with Crippen molar-refractivity contribution in [2.75, 3.05) is 20.3 Å². The summed E-state index contributed by atoms with van der Waals surface area (Å²) in [5, 5.41) is 1.06. The zero-order valence-corrected chi connectivity index (χ0v) is 19.0. The number of ether oxygens (including phenoxy) is 2. The van der Waals surface area contributed by atoms with Crippen molar-refractivity contribution in [1.29, 1.82) is 0 Å². The van der Waals surface area contributed by atoms with Crippen LogP contribution in [0.25, 0.3) is 0 Å². The molecule has 1 aromatic rings. The Labute approximate surface area is 182 Å². The van der Waals surface area contributed by atoms with Crippen LogP contribution in [-0.2, 0) is 4.57 Å². The predicted molar refractivity (Wildman–Crippen MR) is 114 cm³/mol. The van der Waals surface area contributed by atoms with Crippen LogP contribution < -0.4 is 9.47 Å². The normalized spacial score (nSPS) is 20.8. The molecular weight excluding hydrogens is 440 g/mol. The molecule has 2 aliphatic rings. The highest BCUT2D eigenvalue weighted by atomic mass is 35.5. The number of benzene rings is 1. The highest BCUT2D eigenvalue weighted by Crippen LogP contribution is 2.38. The zero-order chi connectivity index (χ0) is 21.4. The van der Waals surface area contributed by atoms with Crippen molar-refractivity contribution in [3.05, 3.63) is 22.2 Å². The second-order valence-corrected chi connectivity index (χ2v) is 9.27. The quantitative estimate of drug-likeness (QED) is 0.521. The van der Waals surface area contributed by atoms with Crippen LogP contribution in [0.15, 0.2) is 12.1 Å². The maximum absolute atomic E-state index is 8.88. The highest BCUT2D eigenvalue weighted by Gasteiger charge is 2.31. The fourth-order valence-corrected chi connectivity index (χ4v) is 4.76. The van der Waals surface area contributed by atoms with E-state index < -0.39 is 7.82 Å². The molecule has 1 unspecified atom stereocenters. The Bertz CT molecular complexity index is 687. The van der Waals surface area contributed by atoms with Crippen molar-refractivity contribution in [2.24, 2.45) is 0 Å². The highest BCUT2D eigenvalue weighted by molar-refractivity contribution is 7.45. The van der Waals surface area contributed by atoms with Crippen molar-refractivity contribution < 1.29 is 28.7 Å². The van der Waals surface area contributed by atoms with Gasteiger partial charge < -0.3 is 24.2 Å². The van der Waals surface area contributed by atoms with Gasteiger partial charge in [0.25, 0.3) is 0 Å². The van der Waals surface area contributed by atoms with Crippen molar-refractivity contribution >= 4 is 31.0 Å². The summed E-state index contributed by atoms with van der Waals surface area (Å²) in [7, 11) is -3.04. The van der Waals surface area contributed by atoms with Gasteiger partial charge in [0.1, 0.15) is 0 Å². The van der Waals surface area contributed by atoms with Crippen LogP contribution in [-0.4, -0.2) is 51.9 Å². The van der Waals surface area contributed by atoms with E-state index in [1.165, 1.54) is 51.5 Å². The molecule has 0 bridgehead atoms. The van der Waals surface area contributed by atoms with Gasteiger partial charge in [0.2, 0.25) is 0 Å². The third-order valence-electron chi connectivity index (χ3n) is 5.35. The van der Waals surface area contributed by atoms with Crippen molar-refractivity contribution in [2.45, 2.75) is 63.5 Å². The molecule has 1 aliphatic heterocycles. The van der Waals surface area contributed by atoms with Crippen LogP contribution in [0.4, 0.5) is 0 Å². The van der Waals surface area contributed by atoms with Crippen LogP contribution in [0.2, 0.25) is 10.0 Å². The Hall–Kier alpha value is -0.530. The number of hydrogen-bond acceptors (Lipinski definition) is 4. The SMILES string of the molecule is COc1c(Cl)cc(Cl)cc1OCCC1CCCN1C1CCCCC1.O=P(O)(O)O. The van der Waals surface area contributed by atoms with Gasteiger partial charge in [0.05, 0.1) is 18.7 Å². The molecule has 3 rings (SSSR count). The molecule has 1 atom stereocenters. The van der Waals surface area contributed by atoms with Crippen molar-refractivity contribution in [3.63, 3.8) is 0 Å². The average Bonchev–Trinajstić information content (AvgIpc) is 3.09. The molecule has 2 fully saturated rings. The summed E-state index contributed by atoms with van der Waals surface area (Å²) >= 11 is 12.2. The Morgan fingerprint density at radius 2 is 1.76 bits per heavy atom. The number of methoxy groups -OCH3 is 1. The first kappa shape index (κ1) is 24.7. The number of phosphoric acid groups is 1. The van der Waals surface area contributed by atoms with Gasteiger partial charge in [0, 0.05) is 23.2 Å². The van der Waals surface area contributed by atoms with E-state index in [0.717, 1.165) is 12.5 Å². The molecule has 3 N–H and O–H groups in total. The number of hydrogen-bond donors (Lipinski definition) is 3. The Morgan fingerprint density at radius 3 is 2.38 bits per heavy atom. The van der Waals surface area contributed by atoms with E-state index >= 15 is 0 Å². The van der Waals surface area contributed by atoms with E-state index in [1.54, 1.807) is 19.2 Å². The summed E-state index contributed by atoms with van der Waals surface area (Å²) < 4.78 is 20.2. The van der Waals surface area contributed by atoms with Gasteiger partial charge in [-0.05, 0) is 44.7 Å². The Balaban J connectivity index is 0.000000537. The third-order valence-corrected chi connectivity index (χ3v) is 5.85. The van der Waals surface area contributed by atoms with Crippen LogP contribution in [0, 0.1) is 0 Å². The first-order valence-electron chi connectivity index (χ1n) is 9.89. The maximum atomic E-state index is 8.88. The summed E-state index contributed by atoms with van der Waals surface area (Å²) in [5.74, 6) is 1.20. The van der Waals surface area contributed by atoms with E-state index in [9.17, 15) is 0 Å². The van der Waals surface area contributed by atoms with E-state index in [4.69, 9.17) is 51.9 Å². The minimum Gasteiger partial charge on any atom is -0.491 e. The summed E-state index contributed by atoms with van der Waals surface area (Å²) in [4.78, 5) is 24.3. The number of nitrogens with zero attached hydrogens (tertiary/aromatic N) is 1. The van der Waals surface area contributed by atoms with E-state index in [2.05, 4.69) is 4.90 Å². The largest absolute Gasteiger partial charge is 0.491 e. The van der Waals surface area contributed by atoms with Crippen molar-refractivity contribution in [3.8, 4) is 11.5 Å². The van der Waals surface area contributed by atoms with E-state index in [0.29, 0.717) is 34.2 Å². The molecule has 0 aromatic heterocycles. The van der Waals surface area contributed by atoms with Gasteiger partial charge in [-0.1, -0.05) is 42.5 Å². The minimum absolute atomic E-state index is 0.490. The van der Waals surface area contributed by atoms with Crippen LogP contribution in [0.3, 0.4) is 0 Å². The van der Waals surface area contributed by atoms with Gasteiger partial charge in [-0.25, -0.2) is 4.57 Å². The molecule has 1 aromatic carbocycles. The Kier molecular flexibility index (Phi) is 10.0. The molecular formula is C19H30Cl2NO6P. The van der Waals surface area contributed by atoms with Gasteiger partial charge >= 0.3 is 7.82 Å². The molecule has 7 nitrogen and oxygen atoms in total. The van der Waals surface area contributed by atoms with E-state index in [1.807, 2.05) is 0 Å². The predicted octanol–water partition coefficient (Wildman–Crippen LogP) is 4.64. The zero-order valence-electron chi connectivity index (χ0n) is 16.6. The van der Waals surface area contributed by atoms with Gasteiger partial charge in [0.15, 0.2) is 11.5 Å². The summed E-state index contributed by atoms with van der Waals surface area (Å²) in [6.45, 7) is 1.92. The van der Waals surface area contributed by atoms with Crippen LogP contribution in [0.5, 0.6) is 11.5 Å². The summed E-state index contributed by atoms with van der Waals surface area (Å²) in [6, 6.07) is 4.89. The second-order valence-electron chi connectivity index (χ2n) is 7.40. The molecule has 1 saturated carbocycles. The molecule has 0 spiro atoms. The van der Waals surface area contributed by atoms with E-state index in [-0.39, 0.29) is 0 Å². The molecule has 10 heteroatoms. The second kappa shape index (κ2) is 11.8. The van der Waals surface area contributed by atoms with Crippen LogP contribution in [0.1, 0.15) is 51.4 Å². The van der Waals surface area contributed by atoms with Gasteiger partial charge in [-0.15, -0.1) is 0 Å². The van der Waals surface area contributed by atoms with Gasteiger partial charge in [-0.3, -0.25) is 4.90 Å². The minimum atomic E-state index is -4.64. The first-order chi connectivity index (χ1) is 13.7. The maximum Gasteiger partial charge on any atom is 0.466 e. The van der Waals surface area contributed by atoms with Gasteiger partial charge in [-0.2, -0.15) is 0 Å².